The number of nitrogens with one attached hydrogen (secondary N) is 1. The molecular weight excluding hydrogens is 351 g/mol. The molecule has 0 saturated carbocycles. The lowest BCUT2D eigenvalue weighted by Crippen LogP contribution is -2.20. The van der Waals surface area contributed by atoms with Crippen molar-refractivity contribution in [2.75, 3.05) is 11.9 Å². The number of amides is 1. The van der Waals surface area contributed by atoms with E-state index in [9.17, 15) is 22.8 Å². The van der Waals surface area contributed by atoms with Gasteiger partial charge in [0.2, 0.25) is 0 Å². The molecule has 0 spiro atoms. The van der Waals surface area contributed by atoms with Gasteiger partial charge in [-0.2, -0.15) is 8.78 Å². The molecule has 2 rings (SSSR count). The number of halogens is 3. The lowest BCUT2D eigenvalue weighted by Gasteiger charge is -2.07. The highest BCUT2D eigenvalue weighted by atomic mass is 19.3. The van der Waals surface area contributed by atoms with Crippen molar-refractivity contribution in [3.8, 4) is 5.75 Å². The normalized spacial score (nSPS) is 10.8. The molecule has 2 aromatic carbocycles. The van der Waals surface area contributed by atoms with Crippen molar-refractivity contribution in [3.05, 3.63) is 66.0 Å². The molecule has 8 heteroatoms. The highest BCUT2D eigenvalue weighted by molar-refractivity contribution is 5.94. The predicted octanol–water partition coefficient (Wildman–Crippen LogP) is 3.62. The standard InChI is InChI=1S/C18H14F3NO4/c19-13-4-1-12(2-5-13)3-10-17(24)25-11-16(23)22-14-6-8-15(9-7-14)26-18(20)21/h1-10,18H,11H2,(H,22,23). The first-order chi connectivity index (χ1) is 12.4. The zero-order chi connectivity index (χ0) is 18.9. The number of anilines is 1. The maximum absolute atomic E-state index is 12.8. The minimum absolute atomic E-state index is 0.0460. The van der Waals surface area contributed by atoms with Gasteiger partial charge >= 0.3 is 12.6 Å². The maximum Gasteiger partial charge on any atom is 0.387 e. The Morgan fingerprint density at radius 3 is 2.31 bits per heavy atom. The van der Waals surface area contributed by atoms with Gasteiger partial charge in [-0.3, -0.25) is 4.79 Å². The minimum atomic E-state index is -2.93. The molecule has 0 unspecified atom stereocenters. The van der Waals surface area contributed by atoms with Crippen LogP contribution in [0.2, 0.25) is 0 Å². The molecule has 1 N–H and O–H groups in total. The van der Waals surface area contributed by atoms with Gasteiger partial charge in [0, 0.05) is 11.8 Å². The van der Waals surface area contributed by atoms with Gasteiger partial charge in [-0.1, -0.05) is 12.1 Å². The van der Waals surface area contributed by atoms with Crippen molar-refractivity contribution in [1.82, 2.24) is 0 Å². The Kier molecular flexibility index (Phi) is 6.78. The monoisotopic (exact) mass is 365 g/mol. The topological polar surface area (TPSA) is 64.6 Å². The van der Waals surface area contributed by atoms with Gasteiger partial charge in [-0.25, -0.2) is 9.18 Å². The fourth-order valence-corrected chi connectivity index (χ4v) is 1.84. The second-order valence-corrected chi connectivity index (χ2v) is 4.94. The van der Waals surface area contributed by atoms with Gasteiger partial charge in [0.15, 0.2) is 6.61 Å². The minimum Gasteiger partial charge on any atom is -0.452 e. The molecule has 0 aliphatic heterocycles. The summed E-state index contributed by atoms with van der Waals surface area (Å²) in [5.41, 5.74) is 0.924. The Balaban J connectivity index is 1.77. The molecule has 0 atom stereocenters. The molecule has 0 heterocycles. The summed E-state index contributed by atoms with van der Waals surface area (Å²) in [4.78, 5) is 23.2. The van der Waals surface area contributed by atoms with Gasteiger partial charge in [0.25, 0.3) is 5.91 Å². The largest absolute Gasteiger partial charge is 0.452 e. The second-order valence-electron chi connectivity index (χ2n) is 4.94. The first-order valence-corrected chi connectivity index (χ1v) is 7.37. The van der Waals surface area contributed by atoms with Crippen LogP contribution in [0.4, 0.5) is 18.9 Å². The third-order valence-electron chi connectivity index (χ3n) is 2.99. The molecule has 0 saturated heterocycles. The maximum atomic E-state index is 12.8. The molecule has 0 bridgehead atoms. The lowest BCUT2D eigenvalue weighted by atomic mass is 10.2. The number of alkyl halides is 2. The van der Waals surface area contributed by atoms with Crippen LogP contribution in [0.15, 0.2) is 54.6 Å². The van der Waals surface area contributed by atoms with Crippen molar-refractivity contribution in [2.45, 2.75) is 6.61 Å². The second kappa shape index (κ2) is 9.26. The van der Waals surface area contributed by atoms with E-state index < -0.39 is 30.9 Å². The van der Waals surface area contributed by atoms with E-state index in [1.54, 1.807) is 0 Å². The van der Waals surface area contributed by atoms with Gasteiger partial charge in [-0.05, 0) is 48.0 Å². The average Bonchev–Trinajstić information content (AvgIpc) is 2.61. The number of hydrogen-bond donors (Lipinski definition) is 1. The van der Waals surface area contributed by atoms with E-state index in [0.717, 1.165) is 6.08 Å². The first-order valence-electron chi connectivity index (χ1n) is 7.37. The molecule has 0 aliphatic carbocycles. The van der Waals surface area contributed by atoms with Crippen molar-refractivity contribution in [3.63, 3.8) is 0 Å². The van der Waals surface area contributed by atoms with Crippen molar-refractivity contribution < 1.29 is 32.2 Å². The van der Waals surface area contributed by atoms with E-state index in [-0.39, 0.29) is 5.75 Å². The van der Waals surface area contributed by atoms with Crippen molar-refractivity contribution >= 4 is 23.6 Å². The quantitative estimate of drug-likeness (QED) is 0.601. The Labute approximate surface area is 147 Å². The number of benzene rings is 2. The van der Waals surface area contributed by atoms with Crippen LogP contribution in [0.25, 0.3) is 6.08 Å². The van der Waals surface area contributed by atoms with Crippen LogP contribution in [0, 0.1) is 5.82 Å². The zero-order valence-electron chi connectivity index (χ0n) is 13.3. The summed E-state index contributed by atoms with van der Waals surface area (Å²) < 4.78 is 45.8. The Morgan fingerprint density at radius 2 is 1.69 bits per heavy atom. The molecule has 1 amide bonds. The molecule has 0 radical (unpaired) electrons. The molecule has 0 fully saturated rings. The molecule has 0 aromatic heterocycles. The van der Waals surface area contributed by atoms with E-state index >= 15 is 0 Å². The number of esters is 1. The molecular formula is C18H14F3NO4. The molecule has 0 aliphatic rings. The smallest absolute Gasteiger partial charge is 0.387 e. The van der Waals surface area contributed by atoms with Crippen LogP contribution in [-0.4, -0.2) is 25.1 Å². The van der Waals surface area contributed by atoms with Crippen LogP contribution < -0.4 is 10.1 Å². The summed E-state index contributed by atoms with van der Waals surface area (Å²) >= 11 is 0. The molecule has 136 valence electrons. The van der Waals surface area contributed by atoms with Gasteiger partial charge in [-0.15, -0.1) is 0 Å². The number of carbonyl (C=O) groups excluding carboxylic acids is 2. The number of rotatable bonds is 7. The highest BCUT2D eigenvalue weighted by Gasteiger charge is 2.07. The van der Waals surface area contributed by atoms with Crippen LogP contribution in [0.3, 0.4) is 0 Å². The fraction of sp³-hybridized carbons (Fsp3) is 0.111. The zero-order valence-corrected chi connectivity index (χ0v) is 13.3. The van der Waals surface area contributed by atoms with Gasteiger partial charge in [0.1, 0.15) is 11.6 Å². The van der Waals surface area contributed by atoms with Crippen molar-refractivity contribution in [2.24, 2.45) is 0 Å². The van der Waals surface area contributed by atoms with E-state index in [2.05, 4.69) is 10.1 Å². The predicted molar refractivity (Wildman–Crippen MR) is 88.1 cm³/mol. The van der Waals surface area contributed by atoms with Crippen molar-refractivity contribution in [1.29, 1.82) is 0 Å². The van der Waals surface area contributed by atoms with Gasteiger partial charge in [0.05, 0.1) is 0 Å². The van der Waals surface area contributed by atoms with Crippen LogP contribution in [0.1, 0.15) is 5.56 Å². The van der Waals surface area contributed by atoms with Crippen LogP contribution in [0.5, 0.6) is 5.75 Å². The lowest BCUT2D eigenvalue weighted by molar-refractivity contribution is -0.142. The third-order valence-corrected chi connectivity index (χ3v) is 2.99. The van der Waals surface area contributed by atoms with E-state index in [0.29, 0.717) is 11.3 Å². The van der Waals surface area contributed by atoms with E-state index in [4.69, 9.17) is 4.74 Å². The van der Waals surface area contributed by atoms with Gasteiger partial charge < -0.3 is 14.8 Å². The Bertz CT molecular complexity index is 774. The van der Waals surface area contributed by atoms with Crippen LogP contribution in [-0.2, 0) is 14.3 Å². The first kappa shape index (κ1) is 19.0. The number of ether oxygens (including phenoxy) is 2. The summed E-state index contributed by atoms with van der Waals surface area (Å²) in [5.74, 6) is -1.79. The SMILES string of the molecule is O=C(COC(=O)C=Cc1ccc(F)cc1)Nc1ccc(OC(F)F)cc1. The average molecular weight is 365 g/mol. The number of carbonyl (C=O) groups is 2. The highest BCUT2D eigenvalue weighted by Crippen LogP contribution is 2.17. The Hall–Kier alpha value is -3.29. The fourth-order valence-electron chi connectivity index (χ4n) is 1.84. The summed E-state index contributed by atoms with van der Waals surface area (Å²) in [6.45, 7) is -3.46. The van der Waals surface area contributed by atoms with Crippen LogP contribution >= 0.6 is 0 Å². The number of hydrogen-bond acceptors (Lipinski definition) is 4. The summed E-state index contributed by atoms with van der Waals surface area (Å²) in [6, 6.07) is 10.7. The van der Waals surface area contributed by atoms with E-state index in [1.165, 1.54) is 54.6 Å². The molecule has 26 heavy (non-hydrogen) atoms. The Morgan fingerprint density at radius 1 is 1.04 bits per heavy atom. The summed E-state index contributed by atoms with van der Waals surface area (Å²) in [5, 5.41) is 2.43. The molecule has 2 aromatic rings. The van der Waals surface area contributed by atoms with E-state index in [1.807, 2.05) is 0 Å². The molecule has 5 nitrogen and oxygen atoms in total. The summed E-state index contributed by atoms with van der Waals surface area (Å²) in [6.07, 6.45) is 2.53. The third kappa shape index (κ3) is 6.68. The summed E-state index contributed by atoms with van der Waals surface area (Å²) in [7, 11) is 0.